The molecule has 0 aliphatic carbocycles. The van der Waals surface area contributed by atoms with Crippen LogP contribution < -0.4 is 4.72 Å². The van der Waals surface area contributed by atoms with Crippen LogP contribution in [0.5, 0.6) is 0 Å². The second kappa shape index (κ2) is 9.62. The Morgan fingerprint density at radius 2 is 1.90 bits per heavy atom. The number of carbonyl (C=O) groups is 1. The van der Waals surface area contributed by atoms with Crippen molar-refractivity contribution in [3.8, 4) is 0 Å². The van der Waals surface area contributed by atoms with E-state index in [1.54, 1.807) is 12.1 Å². The van der Waals surface area contributed by atoms with Gasteiger partial charge in [-0.3, -0.25) is 4.79 Å². The lowest BCUT2D eigenvalue weighted by molar-refractivity contribution is 0.0981. The third kappa shape index (κ3) is 5.61. The van der Waals surface area contributed by atoms with Gasteiger partial charge in [0.15, 0.2) is 0 Å². The Balaban J connectivity index is 1.87. The number of unbranched alkanes of at least 4 members (excludes halogenated alkanes) is 3. The van der Waals surface area contributed by atoms with Crippen molar-refractivity contribution in [1.29, 1.82) is 0 Å². The molecule has 0 saturated carbocycles. The summed E-state index contributed by atoms with van der Waals surface area (Å²) in [6.07, 6.45) is 3.83. The number of hydrogen-bond acceptors (Lipinski definition) is 4. The van der Waals surface area contributed by atoms with Crippen LogP contribution in [0.1, 0.15) is 59.9 Å². The van der Waals surface area contributed by atoms with Gasteiger partial charge in [0, 0.05) is 17.0 Å². The summed E-state index contributed by atoms with van der Waals surface area (Å²) in [6, 6.07) is 10.8. The van der Waals surface area contributed by atoms with Gasteiger partial charge in [-0.15, -0.1) is 0 Å². The largest absolute Gasteiger partial charge is 0.342 e. The van der Waals surface area contributed by atoms with E-state index in [-0.39, 0.29) is 11.3 Å². The first-order valence-corrected chi connectivity index (χ1v) is 12.1. The number of aryl methyl sites for hydroxylation is 1. The van der Waals surface area contributed by atoms with Gasteiger partial charge in [-0.25, -0.2) is 18.1 Å². The fourth-order valence-electron chi connectivity index (χ4n) is 3.40. The molecule has 0 unspecified atom stereocenters. The van der Waals surface area contributed by atoms with Gasteiger partial charge < -0.3 is 4.98 Å². The third-order valence-electron chi connectivity index (χ3n) is 4.90. The van der Waals surface area contributed by atoms with E-state index in [0.717, 1.165) is 35.9 Å². The third-order valence-corrected chi connectivity index (χ3v) is 6.59. The highest BCUT2D eigenvalue weighted by atomic mass is 35.5. The molecule has 0 atom stereocenters. The molecule has 3 aromatic rings. The predicted molar refractivity (Wildman–Crippen MR) is 120 cm³/mol. The second-order valence-corrected chi connectivity index (χ2v) is 9.68. The Bertz CT molecular complexity index is 1160. The standard InChI is InChI=1S/C22H26ClN3O3S/c1-3-4-5-8-11-30(28,29)26-22(27)18-13-17(12-16-9-6-7-10-19(16)23)21-20(14-18)24-15(2)25-21/h6-7,9-10,13-14H,3-5,8,11-12H2,1-2H3,(H,24,25)(H,26,27). The number of aromatic amines is 1. The monoisotopic (exact) mass is 447 g/mol. The molecule has 0 aliphatic rings. The van der Waals surface area contributed by atoms with E-state index in [2.05, 4.69) is 21.6 Å². The van der Waals surface area contributed by atoms with E-state index >= 15 is 0 Å². The molecule has 8 heteroatoms. The Labute approximate surface area is 182 Å². The molecule has 3 rings (SSSR count). The average molecular weight is 448 g/mol. The number of imidazole rings is 1. The fourth-order valence-corrected chi connectivity index (χ4v) is 4.68. The lowest BCUT2D eigenvalue weighted by Crippen LogP contribution is -2.32. The van der Waals surface area contributed by atoms with Gasteiger partial charge >= 0.3 is 0 Å². The topological polar surface area (TPSA) is 91.9 Å². The van der Waals surface area contributed by atoms with E-state index in [4.69, 9.17) is 11.6 Å². The number of amides is 1. The first kappa shape index (κ1) is 22.3. The van der Waals surface area contributed by atoms with Crippen molar-refractivity contribution in [2.24, 2.45) is 0 Å². The van der Waals surface area contributed by atoms with Crippen LogP contribution in [-0.2, 0) is 16.4 Å². The molecule has 1 amide bonds. The van der Waals surface area contributed by atoms with Crippen LogP contribution in [0, 0.1) is 6.92 Å². The lowest BCUT2D eigenvalue weighted by atomic mass is 10.0. The molecule has 0 bridgehead atoms. The molecule has 160 valence electrons. The van der Waals surface area contributed by atoms with Crippen LogP contribution >= 0.6 is 11.6 Å². The number of hydrogen-bond donors (Lipinski definition) is 2. The Kier molecular flexibility index (Phi) is 7.15. The zero-order valence-electron chi connectivity index (χ0n) is 17.2. The number of sulfonamides is 1. The number of nitrogens with one attached hydrogen (secondary N) is 2. The first-order chi connectivity index (χ1) is 14.3. The number of rotatable bonds is 9. The van der Waals surface area contributed by atoms with Gasteiger partial charge in [-0.05, 0) is 42.7 Å². The summed E-state index contributed by atoms with van der Waals surface area (Å²) in [5.74, 6) is 0.0166. The minimum absolute atomic E-state index is 0.0589. The molecule has 2 aromatic carbocycles. The van der Waals surface area contributed by atoms with E-state index < -0.39 is 15.9 Å². The fraction of sp³-hybridized carbons (Fsp3) is 0.364. The molecule has 0 saturated heterocycles. The molecule has 0 radical (unpaired) electrons. The molecule has 6 nitrogen and oxygen atoms in total. The molecule has 30 heavy (non-hydrogen) atoms. The van der Waals surface area contributed by atoms with Crippen LogP contribution in [0.25, 0.3) is 11.0 Å². The maximum atomic E-state index is 12.7. The minimum Gasteiger partial charge on any atom is -0.342 e. The summed E-state index contributed by atoms with van der Waals surface area (Å²) in [6.45, 7) is 3.89. The first-order valence-electron chi connectivity index (χ1n) is 10.1. The Morgan fingerprint density at radius 3 is 2.63 bits per heavy atom. The van der Waals surface area contributed by atoms with Crippen molar-refractivity contribution in [3.63, 3.8) is 0 Å². The van der Waals surface area contributed by atoms with Crippen LogP contribution in [0.3, 0.4) is 0 Å². The quantitative estimate of drug-likeness (QED) is 0.463. The number of nitrogens with zero attached hydrogens (tertiary/aromatic N) is 1. The summed E-state index contributed by atoms with van der Waals surface area (Å²) in [4.78, 5) is 20.4. The maximum absolute atomic E-state index is 12.7. The molecular formula is C22H26ClN3O3S. The predicted octanol–water partition coefficient (Wildman–Crippen LogP) is 4.76. The Hall–Kier alpha value is -2.38. The lowest BCUT2D eigenvalue weighted by Gasteiger charge is -2.10. The summed E-state index contributed by atoms with van der Waals surface area (Å²) < 4.78 is 26.8. The molecule has 1 heterocycles. The van der Waals surface area contributed by atoms with Crippen LogP contribution in [-0.4, -0.2) is 30.0 Å². The van der Waals surface area contributed by atoms with Crippen molar-refractivity contribution >= 4 is 38.6 Å². The van der Waals surface area contributed by atoms with Crippen LogP contribution in [0.15, 0.2) is 36.4 Å². The smallest absolute Gasteiger partial charge is 0.264 e. The van der Waals surface area contributed by atoms with Gasteiger partial charge in [-0.1, -0.05) is 56.0 Å². The number of H-pyrrole nitrogens is 1. The highest BCUT2D eigenvalue weighted by molar-refractivity contribution is 7.90. The summed E-state index contributed by atoms with van der Waals surface area (Å²) in [5.41, 5.74) is 3.40. The zero-order valence-corrected chi connectivity index (χ0v) is 18.7. The van der Waals surface area contributed by atoms with Gasteiger partial charge in [0.1, 0.15) is 5.82 Å². The van der Waals surface area contributed by atoms with Gasteiger partial charge in [0.05, 0.1) is 16.8 Å². The maximum Gasteiger partial charge on any atom is 0.264 e. The van der Waals surface area contributed by atoms with Crippen molar-refractivity contribution in [3.05, 3.63) is 63.9 Å². The summed E-state index contributed by atoms with van der Waals surface area (Å²) in [5, 5.41) is 0.627. The SMILES string of the molecule is CCCCCCS(=O)(=O)NC(=O)c1cc(Cc2ccccc2Cl)c2nc(C)[nH]c2c1. The van der Waals surface area contributed by atoms with Crippen molar-refractivity contribution in [1.82, 2.24) is 14.7 Å². The number of halogens is 1. The van der Waals surface area contributed by atoms with E-state index in [1.165, 1.54) is 0 Å². The van der Waals surface area contributed by atoms with Gasteiger partial charge in [0.25, 0.3) is 5.91 Å². The van der Waals surface area contributed by atoms with Crippen molar-refractivity contribution < 1.29 is 13.2 Å². The van der Waals surface area contributed by atoms with Gasteiger partial charge in [0.2, 0.25) is 10.0 Å². The van der Waals surface area contributed by atoms with E-state index in [1.807, 2.05) is 31.2 Å². The van der Waals surface area contributed by atoms with Crippen molar-refractivity contribution in [2.75, 3.05) is 5.75 Å². The second-order valence-electron chi connectivity index (χ2n) is 7.43. The average Bonchev–Trinajstić information content (AvgIpc) is 3.07. The number of carbonyl (C=O) groups excluding carboxylic acids is 1. The van der Waals surface area contributed by atoms with Gasteiger partial charge in [-0.2, -0.15) is 0 Å². The summed E-state index contributed by atoms with van der Waals surface area (Å²) in [7, 11) is -3.68. The Morgan fingerprint density at radius 1 is 1.13 bits per heavy atom. The zero-order chi connectivity index (χ0) is 21.7. The van der Waals surface area contributed by atoms with Crippen LogP contribution in [0.4, 0.5) is 0 Å². The van der Waals surface area contributed by atoms with E-state index in [0.29, 0.717) is 29.2 Å². The highest BCUT2D eigenvalue weighted by Crippen LogP contribution is 2.25. The normalized spacial score (nSPS) is 11.7. The van der Waals surface area contributed by atoms with Crippen LogP contribution in [0.2, 0.25) is 5.02 Å². The summed E-state index contributed by atoms with van der Waals surface area (Å²) >= 11 is 6.30. The highest BCUT2D eigenvalue weighted by Gasteiger charge is 2.19. The molecule has 0 aliphatic heterocycles. The van der Waals surface area contributed by atoms with Crippen molar-refractivity contribution in [2.45, 2.75) is 46.0 Å². The minimum atomic E-state index is -3.68. The number of fused-ring (bicyclic) bond motifs is 1. The number of benzene rings is 2. The van der Waals surface area contributed by atoms with E-state index in [9.17, 15) is 13.2 Å². The molecule has 0 spiro atoms. The molecule has 1 aromatic heterocycles. The number of aromatic nitrogens is 2. The molecule has 0 fully saturated rings. The molecular weight excluding hydrogens is 422 g/mol. The molecule has 2 N–H and O–H groups in total.